The van der Waals surface area contributed by atoms with E-state index < -0.39 is 11.7 Å². The van der Waals surface area contributed by atoms with Gasteiger partial charge in [0.1, 0.15) is 6.29 Å². The molecule has 0 fully saturated rings. The first kappa shape index (κ1) is 15.0. The van der Waals surface area contributed by atoms with Gasteiger partial charge >= 0.3 is 6.18 Å². The summed E-state index contributed by atoms with van der Waals surface area (Å²) < 4.78 is 39.0. The maximum Gasteiger partial charge on any atom is 0.418 e. The van der Waals surface area contributed by atoms with Gasteiger partial charge in [0.05, 0.1) is 5.56 Å². The Bertz CT molecular complexity index is 470. The molecule has 2 nitrogen and oxygen atoms in total. The molecular formula is C14H14F3NO. The summed E-state index contributed by atoms with van der Waals surface area (Å²) in [5.41, 5.74) is -0.827. The van der Waals surface area contributed by atoms with Crippen molar-refractivity contribution in [2.24, 2.45) is 0 Å². The molecule has 0 atom stereocenters. The summed E-state index contributed by atoms with van der Waals surface area (Å²) in [4.78, 5) is 12.1. The van der Waals surface area contributed by atoms with Crippen molar-refractivity contribution >= 4 is 12.0 Å². The van der Waals surface area contributed by atoms with Crippen molar-refractivity contribution in [1.29, 1.82) is 0 Å². The van der Waals surface area contributed by atoms with E-state index in [0.717, 1.165) is 6.07 Å². The van der Waals surface area contributed by atoms with E-state index >= 15 is 0 Å². The van der Waals surface area contributed by atoms with E-state index in [1.807, 2.05) is 0 Å². The minimum absolute atomic E-state index is 0.00627. The molecule has 102 valence electrons. The molecule has 0 saturated heterocycles. The molecule has 0 aliphatic rings. The summed E-state index contributed by atoms with van der Waals surface area (Å²) in [7, 11) is 0. The normalized spacial score (nSPS) is 10.9. The molecule has 1 aromatic rings. The molecule has 0 N–H and O–H groups in total. The lowest BCUT2D eigenvalue weighted by atomic mass is 10.1. The lowest BCUT2D eigenvalue weighted by Gasteiger charge is -2.25. The standard InChI is InChI=1S/C14H14F3NO/c1-3-7-18(8-4-2)13-6-5-11(10-19)9-12(13)14(15,16)17/h3-6,9-10H,1-2,7-8H2. The van der Waals surface area contributed by atoms with Gasteiger partial charge in [0.2, 0.25) is 0 Å². The van der Waals surface area contributed by atoms with Crippen LogP contribution >= 0.6 is 0 Å². The van der Waals surface area contributed by atoms with Crippen LogP contribution in [0.2, 0.25) is 0 Å². The molecule has 1 rings (SSSR count). The van der Waals surface area contributed by atoms with Gasteiger partial charge in [-0.1, -0.05) is 12.2 Å². The Morgan fingerprint density at radius 3 is 2.16 bits per heavy atom. The number of nitrogens with zero attached hydrogens (tertiary/aromatic N) is 1. The Hall–Kier alpha value is -2.04. The quantitative estimate of drug-likeness (QED) is 0.579. The van der Waals surface area contributed by atoms with Crippen LogP contribution in [-0.4, -0.2) is 19.4 Å². The molecule has 0 amide bonds. The largest absolute Gasteiger partial charge is 0.418 e. The summed E-state index contributed by atoms with van der Waals surface area (Å²) in [6.45, 7) is 7.56. The van der Waals surface area contributed by atoms with Gasteiger partial charge in [-0.15, -0.1) is 13.2 Å². The van der Waals surface area contributed by atoms with Gasteiger partial charge in [-0.25, -0.2) is 0 Å². The van der Waals surface area contributed by atoms with Crippen molar-refractivity contribution in [3.63, 3.8) is 0 Å². The molecule has 0 unspecified atom stereocenters. The van der Waals surface area contributed by atoms with Crippen molar-refractivity contribution in [2.75, 3.05) is 18.0 Å². The smallest absolute Gasteiger partial charge is 0.364 e. The van der Waals surface area contributed by atoms with E-state index in [9.17, 15) is 18.0 Å². The summed E-state index contributed by atoms with van der Waals surface area (Å²) in [5, 5.41) is 0. The molecule has 5 heteroatoms. The van der Waals surface area contributed by atoms with Crippen LogP contribution in [0.25, 0.3) is 0 Å². The van der Waals surface area contributed by atoms with Crippen molar-refractivity contribution in [3.8, 4) is 0 Å². The first-order valence-electron chi connectivity index (χ1n) is 5.57. The van der Waals surface area contributed by atoms with Crippen LogP contribution < -0.4 is 4.90 Å². The molecule has 0 spiro atoms. The van der Waals surface area contributed by atoms with E-state index in [2.05, 4.69) is 13.2 Å². The molecule has 19 heavy (non-hydrogen) atoms. The summed E-state index contributed by atoms with van der Waals surface area (Å²) in [5.74, 6) is 0. The summed E-state index contributed by atoms with van der Waals surface area (Å²) in [6.07, 6.45) is -1.10. The molecule has 0 aliphatic carbocycles. The highest BCUT2D eigenvalue weighted by atomic mass is 19.4. The first-order valence-corrected chi connectivity index (χ1v) is 5.57. The number of aldehydes is 1. The molecule has 0 radical (unpaired) electrons. The average Bonchev–Trinajstić information content (AvgIpc) is 2.37. The fourth-order valence-electron chi connectivity index (χ4n) is 1.71. The van der Waals surface area contributed by atoms with Crippen LogP contribution in [0, 0.1) is 0 Å². The number of alkyl halides is 3. The van der Waals surface area contributed by atoms with Crippen LogP contribution in [0.4, 0.5) is 18.9 Å². The molecular weight excluding hydrogens is 255 g/mol. The van der Waals surface area contributed by atoms with Gasteiger partial charge in [-0.05, 0) is 18.2 Å². The van der Waals surface area contributed by atoms with Gasteiger partial charge in [0.25, 0.3) is 0 Å². The predicted octanol–water partition coefficient (Wildman–Crippen LogP) is 3.70. The Morgan fingerprint density at radius 2 is 1.74 bits per heavy atom. The molecule has 0 aliphatic heterocycles. The van der Waals surface area contributed by atoms with E-state index in [1.165, 1.54) is 29.2 Å². The minimum atomic E-state index is -4.52. The Labute approximate surface area is 109 Å². The Morgan fingerprint density at radius 1 is 1.16 bits per heavy atom. The van der Waals surface area contributed by atoms with Gasteiger partial charge < -0.3 is 4.90 Å². The van der Waals surface area contributed by atoms with Crippen molar-refractivity contribution in [2.45, 2.75) is 6.18 Å². The number of carbonyl (C=O) groups is 1. The zero-order valence-corrected chi connectivity index (χ0v) is 10.3. The maximum absolute atomic E-state index is 13.0. The van der Waals surface area contributed by atoms with E-state index in [0.29, 0.717) is 6.29 Å². The predicted molar refractivity (Wildman–Crippen MR) is 69.4 cm³/mol. The highest BCUT2D eigenvalue weighted by molar-refractivity contribution is 5.77. The SMILES string of the molecule is C=CCN(CC=C)c1ccc(C=O)cc1C(F)(F)F. The second-order valence-corrected chi connectivity index (χ2v) is 3.87. The number of carbonyl (C=O) groups excluding carboxylic acids is 1. The third-order valence-electron chi connectivity index (χ3n) is 2.50. The van der Waals surface area contributed by atoms with Crippen molar-refractivity contribution < 1.29 is 18.0 Å². The zero-order valence-electron chi connectivity index (χ0n) is 10.3. The van der Waals surface area contributed by atoms with Crippen molar-refractivity contribution in [1.82, 2.24) is 0 Å². The van der Waals surface area contributed by atoms with Gasteiger partial charge in [0, 0.05) is 24.3 Å². The van der Waals surface area contributed by atoms with Gasteiger partial charge in [0.15, 0.2) is 0 Å². The number of halogens is 3. The number of anilines is 1. The third-order valence-corrected chi connectivity index (χ3v) is 2.50. The number of hydrogen-bond donors (Lipinski definition) is 0. The van der Waals surface area contributed by atoms with E-state index in [-0.39, 0.29) is 24.3 Å². The Balaban J connectivity index is 3.34. The average molecular weight is 269 g/mol. The molecule has 0 saturated carbocycles. The monoisotopic (exact) mass is 269 g/mol. The van der Waals surface area contributed by atoms with Crippen LogP contribution in [0.15, 0.2) is 43.5 Å². The number of hydrogen-bond acceptors (Lipinski definition) is 2. The third kappa shape index (κ3) is 3.71. The van der Waals surface area contributed by atoms with E-state index in [1.54, 1.807) is 0 Å². The lowest BCUT2D eigenvalue weighted by Crippen LogP contribution is -2.26. The maximum atomic E-state index is 13.0. The van der Waals surface area contributed by atoms with Crippen LogP contribution in [-0.2, 0) is 6.18 Å². The second-order valence-electron chi connectivity index (χ2n) is 3.87. The lowest BCUT2D eigenvalue weighted by molar-refractivity contribution is -0.137. The topological polar surface area (TPSA) is 20.3 Å². The second kappa shape index (κ2) is 6.22. The first-order chi connectivity index (χ1) is 8.93. The highest BCUT2D eigenvalue weighted by Crippen LogP contribution is 2.37. The van der Waals surface area contributed by atoms with Gasteiger partial charge in [-0.2, -0.15) is 13.2 Å². The number of rotatable bonds is 6. The van der Waals surface area contributed by atoms with E-state index in [4.69, 9.17) is 0 Å². The van der Waals surface area contributed by atoms with Crippen LogP contribution in [0.5, 0.6) is 0 Å². The Kier molecular flexibility index (Phi) is 4.92. The number of benzene rings is 1. The molecule has 0 heterocycles. The molecule has 0 bridgehead atoms. The fraction of sp³-hybridized carbons (Fsp3) is 0.214. The minimum Gasteiger partial charge on any atom is -0.364 e. The highest BCUT2D eigenvalue weighted by Gasteiger charge is 2.34. The molecule has 0 aromatic heterocycles. The zero-order chi connectivity index (χ0) is 14.5. The summed E-state index contributed by atoms with van der Waals surface area (Å²) >= 11 is 0. The van der Waals surface area contributed by atoms with Crippen LogP contribution in [0.3, 0.4) is 0 Å². The van der Waals surface area contributed by atoms with Gasteiger partial charge in [-0.3, -0.25) is 4.79 Å². The van der Waals surface area contributed by atoms with Crippen LogP contribution in [0.1, 0.15) is 15.9 Å². The van der Waals surface area contributed by atoms with Crippen molar-refractivity contribution in [3.05, 3.63) is 54.6 Å². The molecule has 1 aromatic carbocycles. The fourth-order valence-corrected chi connectivity index (χ4v) is 1.71. The summed E-state index contributed by atoms with van der Waals surface area (Å²) in [6, 6.07) is 3.50.